The van der Waals surface area contributed by atoms with Crippen molar-refractivity contribution in [1.82, 2.24) is 0 Å². The fourth-order valence-electron chi connectivity index (χ4n) is 0.871. The molecule has 1 aromatic carbocycles. The Bertz CT molecular complexity index is 337. The number of rotatable bonds is 1. The summed E-state index contributed by atoms with van der Waals surface area (Å²) in [6, 6.07) is 2.35. The van der Waals surface area contributed by atoms with Gasteiger partial charge in [0.25, 0.3) is 0 Å². The van der Waals surface area contributed by atoms with Crippen LogP contribution in [-0.2, 0) is 0 Å². The van der Waals surface area contributed by atoms with E-state index in [-0.39, 0.29) is 0 Å². The van der Waals surface area contributed by atoms with Crippen LogP contribution in [0.15, 0.2) is 18.2 Å². The Labute approximate surface area is 81.9 Å². The lowest BCUT2D eigenvalue weighted by atomic mass is 10.1. The molecule has 0 unspecified atom stereocenters. The highest BCUT2D eigenvalue weighted by atomic mass is 35.5. The van der Waals surface area contributed by atoms with Crippen molar-refractivity contribution in [2.75, 3.05) is 0 Å². The summed E-state index contributed by atoms with van der Waals surface area (Å²) in [5, 5.41) is 8.31. The fraction of sp³-hybridized carbons (Fsp3) is 0.250. The van der Waals surface area contributed by atoms with E-state index >= 15 is 0 Å². The summed E-state index contributed by atoms with van der Waals surface area (Å²) < 4.78 is 48.5. The fourth-order valence-corrected chi connectivity index (χ4v) is 1.06. The predicted molar refractivity (Wildman–Crippen MR) is 42.4 cm³/mol. The second-order valence-corrected chi connectivity index (χ2v) is 3.02. The highest BCUT2D eigenvalue weighted by Gasteiger charge is 2.39. The lowest BCUT2D eigenvalue weighted by Crippen LogP contribution is -2.20. The number of hydrogen-bond donors (Lipinski definition) is 1. The van der Waals surface area contributed by atoms with Gasteiger partial charge in [0, 0.05) is 0 Å². The monoisotopic (exact) mass is 228 g/mol. The van der Waals surface area contributed by atoms with E-state index in [2.05, 4.69) is 0 Å². The zero-order valence-corrected chi connectivity index (χ0v) is 7.40. The van der Waals surface area contributed by atoms with Crippen LogP contribution in [0.5, 0.6) is 0 Å². The van der Waals surface area contributed by atoms with Gasteiger partial charge in [-0.25, -0.2) is 4.39 Å². The molecule has 0 spiro atoms. The van der Waals surface area contributed by atoms with Gasteiger partial charge in [0.15, 0.2) is 6.10 Å². The first-order valence-corrected chi connectivity index (χ1v) is 3.90. The predicted octanol–water partition coefficient (Wildman–Crippen LogP) is 3.07. The van der Waals surface area contributed by atoms with E-state index in [1.54, 1.807) is 0 Å². The highest BCUT2D eigenvalue weighted by molar-refractivity contribution is 6.30. The average molecular weight is 229 g/mol. The molecule has 0 aliphatic heterocycles. The number of alkyl halides is 3. The standard InChI is InChI=1S/C8H5ClF4O/c9-5-3-4(1-2-6(5)10)7(14)8(11,12)13/h1-3,7,14H/t7-/m0/s1. The minimum atomic E-state index is -4.78. The van der Waals surface area contributed by atoms with Gasteiger partial charge < -0.3 is 5.11 Å². The van der Waals surface area contributed by atoms with Crippen LogP contribution in [-0.4, -0.2) is 11.3 Å². The second-order valence-electron chi connectivity index (χ2n) is 2.62. The smallest absolute Gasteiger partial charge is 0.379 e. The molecule has 0 saturated carbocycles. The Morgan fingerprint density at radius 3 is 2.29 bits per heavy atom. The summed E-state index contributed by atoms with van der Waals surface area (Å²) in [6.07, 6.45) is -7.41. The maximum Gasteiger partial charge on any atom is 0.418 e. The van der Waals surface area contributed by atoms with Crippen LogP contribution in [0, 0.1) is 5.82 Å². The van der Waals surface area contributed by atoms with Crippen molar-refractivity contribution in [3.63, 3.8) is 0 Å². The Balaban J connectivity index is 3.03. The zero-order valence-electron chi connectivity index (χ0n) is 6.65. The van der Waals surface area contributed by atoms with Crippen molar-refractivity contribution in [1.29, 1.82) is 0 Å². The first kappa shape index (κ1) is 11.3. The van der Waals surface area contributed by atoms with Crippen molar-refractivity contribution in [2.45, 2.75) is 12.3 Å². The number of aliphatic hydroxyl groups excluding tert-OH is 1. The molecule has 0 aromatic heterocycles. The van der Waals surface area contributed by atoms with Gasteiger partial charge in [-0.05, 0) is 17.7 Å². The van der Waals surface area contributed by atoms with Crippen molar-refractivity contribution in [3.8, 4) is 0 Å². The molecule has 6 heteroatoms. The maximum atomic E-state index is 12.6. The summed E-state index contributed by atoms with van der Waals surface area (Å²) >= 11 is 5.25. The lowest BCUT2D eigenvalue weighted by molar-refractivity contribution is -0.206. The quantitative estimate of drug-likeness (QED) is 0.733. The largest absolute Gasteiger partial charge is 0.418 e. The van der Waals surface area contributed by atoms with Gasteiger partial charge in [-0.15, -0.1) is 0 Å². The van der Waals surface area contributed by atoms with Gasteiger partial charge in [0.05, 0.1) is 5.02 Å². The Kier molecular flexibility index (Phi) is 3.01. The normalized spacial score (nSPS) is 14.1. The molecular weight excluding hydrogens is 224 g/mol. The van der Waals surface area contributed by atoms with Crippen LogP contribution < -0.4 is 0 Å². The third-order valence-electron chi connectivity index (χ3n) is 1.57. The molecular formula is C8H5ClF4O. The van der Waals surface area contributed by atoms with Crippen molar-refractivity contribution >= 4 is 11.6 Å². The summed E-state index contributed by atoms with van der Waals surface area (Å²) in [5.41, 5.74) is -0.482. The summed E-state index contributed by atoms with van der Waals surface area (Å²) in [7, 11) is 0. The molecule has 78 valence electrons. The first-order valence-electron chi connectivity index (χ1n) is 3.52. The van der Waals surface area contributed by atoms with E-state index in [1.807, 2.05) is 0 Å². The van der Waals surface area contributed by atoms with Gasteiger partial charge in [-0.1, -0.05) is 17.7 Å². The van der Waals surface area contributed by atoms with Crippen LogP contribution in [0.1, 0.15) is 11.7 Å². The van der Waals surface area contributed by atoms with E-state index in [0.29, 0.717) is 0 Å². The molecule has 0 bridgehead atoms. The van der Waals surface area contributed by atoms with Crippen LogP contribution in [0.2, 0.25) is 5.02 Å². The molecule has 1 rings (SSSR count). The van der Waals surface area contributed by atoms with Gasteiger partial charge in [0.1, 0.15) is 5.82 Å². The molecule has 1 nitrogen and oxygen atoms in total. The van der Waals surface area contributed by atoms with E-state index in [0.717, 1.165) is 18.2 Å². The van der Waals surface area contributed by atoms with Crippen LogP contribution in [0.25, 0.3) is 0 Å². The highest BCUT2D eigenvalue weighted by Crippen LogP contribution is 2.33. The van der Waals surface area contributed by atoms with Crippen molar-refractivity contribution in [3.05, 3.63) is 34.6 Å². The molecule has 1 aromatic rings. The molecule has 0 aliphatic carbocycles. The number of aliphatic hydroxyl groups is 1. The van der Waals surface area contributed by atoms with E-state index < -0.39 is 28.7 Å². The summed E-state index contributed by atoms with van der Waals surface area (Å²) in [4.78, 5) is 0. The molecule has 0 saturated heterocycles. The van der Waals surface area contributed by atoms with E-state index in [1.165, 1.54) is 0 Å². The van der Waals surface area contributed by atoms with Crippen molar-refractivity contribution in [2.24, 2.45) is 0 Å². The van der Waals surface area contributed by atoms with Crippen LogP contribution >= 0.6 is 11.6 Å². The number of halogens is 5. The van der Waals surface area contributed by atoms with Gasteiger partial charge in [-0.2, -0.15) is 13.2 Å². The summed E-state index contributed by atoms with van der Waals surface area (Å²) in [6.45, 7) is 0. The molecule has 0 fully saturated rings. The molecule has 0 heterocycles. The molecule has 0 amide bonds. The number of hydrogen-bond acceptors (Lipinski definition) is 1. The Morgan fingerprint density at radius 2 is 1.86 bits per heavy atom. The zero-order chi connectivity index (χ0) is 10.9. The molecule has 14 heavy (non-hydrogen) atoms. The number of benzene rings is 1. The molecule has 1 N–H and O–H groups in total. The SMILES string of the molecule is O[C@@H](c1ccc(F)c(Cl)c1)C(F)(F)F. The van der Waals surface area contributed by atoms with Crippen LogP contribution in [0.3, 0.4) is 0 Å². The first-order chi connectivity index (χ1) is 6.32. The van der Waals surface area contributed by atoms with Gasteiger partial charge >= 0.3 is 6.18 Å². The topological polar surface area (TPSA) is 20.2 Å². The van der Waals surface area contributed by atoms with Crippen LogP contribution in [0.4, 0.5) is 17.6 Å². The third kappa shape index (κ3) is 2.36. The Morgan fingerprint density at radius 1 is 1.29 bits per heavy atom. The van der Waals surface area contributed by atoms with E-state index in [9.17, 15) is 17.6 Å². The molecule has 1 atom stereocenters. The molecule has 0 aliphatic rings. The van der Waals surface area contributed by atoms with E-state index in [4.69, 9.17) is 16.7 Å². The maximum absolute atomic E-state index is 12.6. The molecule has 0 radical (unpaired) electrons. The average Bonchev–Trinajstić information content (AvgIpc) is 2.07. The minimum absolute atomic E-state index is 0.453. The summed E-state index contributed by atoms with van der Waals surface area (Å²) in [5.74, 6) is -0.829. The van der Waals surface area contributed by atoms with Crippen molar-refractivity contribution < 1.29 is 22.7 Å². The lowest BCUT2D eigenvalue weighted by Gasteiger charge is -2.14. The van der Waals surface area contributed by atoms with Gasteiger partial charge in [-0.3, -0.25) is 0 Å². The minimum Gasteiger partial charge on any atom is -0.379 e. The third-order valence-corrected chi connectivity index (χ3v) is 1.86. The second kappa shape index (κ2) is 3.74. The van der Waals surface area contributed by atoms with Gasteiger partial charge in [0.2, 0.25) is 0 Å². The Hall–Kier alpha value is -0.810.